The lowest BCUT2D eigenvalue weighted by Crippen LogP contribution is -2.26. The van der Waals surface area contributed by atoms with Crippen molar-refractivity contribution in [3.8, 4) is 11.5 Å². The predicted octanol–water partition coefficient (Wildman–Crippen LogP) is 2.87. The van der Waals surface area contributed by atoms with Crippen LogP contribution >= 0.6 is 0 Å². The molecule has 0 fully saturated rings. The molecule has 1 aromatic heterocycles. The summed E-state index contributed by atoms with van der Waals surface area (Å²) in [5.41, 5.74) is 2.34. The van der Waals surface area contributed by atoms with E-state index >= 15 is 0 Å². The van der Waals surface area contributed by atoms with Gasteiger partial charge in [0.2, 0.25) is 0 Å². The second kappa shape index (κ2) is 8.39. The molecule has 0 bridgehead atoms. The molecule has 3 rings (SSSR count). The summed E-state index contributed by atoms with van der Waals surface area (Å²) in [5, 5.41) is 6.95. The second-order valence-electron chi connectivity index (χ2n) is 6.22. The largest absolute Gasteiger partial charge is 0.497 e. The fraction of sp³-hybridized carbons (Fsp3) is 0.190. The zero-order chi connectivity index (χ0) is 20.1. The van der Waals surface area contributed by atoms with Gasteiger partial charge in [-0.05, 0) is 30.7 Å². The number of ether oxygens (including phenoxy) is 2. The minimum absolute atomic E-state index is 0.122. The number of amides is 1. The van der Waals surface area contributed by atoms with E-state index in [2.05, 4.69) is 10.4 Å². The Labute approximate surface area is 162 Å². The van der Waals surface area contributed by atoms with Gasteiger partial charge >= 0.3 is 0 Å². The molecule has 28 heavy (non-hydrogen) atoms. The van der Waals surface area contributed by atoms with Gasteiger partial charge in [0, 0.05) is 12.1 Å². The lowest BCUT2D eigenvalue weighted by atomic mass is 10.1. The van der Waals surface area contributed by atoms with E-state index in [-0.39, 0.29) is 17.8 Å². The highest BCUT2D eigenvalue weighted by Gasteiger charge is 2.14. The molecule has 0 saturated carbocycles. The topological polar surface area (TPSA) is 82.5 Å². The predicted molar refractivity (Wildman–Crippen MR) is 106 cm³/mol. The summed E-state index contributed by atoms with van der Waals surface area (Å²) in [4.78, 5) is 24.8. The highest BCUT2D eigenvalue weighted by Crippen LogP contribution is 2.29. The molecule has 0 aliphatic heterocycles. The van der Waals surface area contributed by atoms with Crippen molar-refractivity contribution in [2.24, 2.45) is 0 Å². The van der Waals surface area contributed by atoms with Crippen molar-refractivity contribution in [2.75, 3.05) is 19.5 Å². The molecule has 0 aliphatic rings. The van der Waals surface area contributed by atoms with Crippen molar-refractivity contribution in [3.05, 3.63) is 81.8 Å². The molecular formula is C21H21N3O4. The lowest BCUT2D eigenvalue weighted by molar-refractivity contribution is 0.101. The standard InChI is InChI=1S/C21H21N3O4/c1-14-4-6-15(7-5-14)13-24-20(25)11-9-17(23-24)21(26)22-18-12-16(27-2)8-10-19(18)28-3/h4-12H,13H2,1-3H3,(H,22,26). The Bertz CT molecular complexity index is 1040. The maximum absolute atomic E-state index is 12.7. The molecule has 0 spiro atoms. The number of rotatable bonds is 6. The van der Waals surface area contributed by atoms with Crippen LogP contribution in [0.3, 0.4) is 0 Å². The van der Waals surface area contributed by atoms with E-state index < -0.39 is 5.91 Å². The molecule has 0 radical (unpaired) electrons. The second-order valence-corrected chi connectivity index (χ2v) is 6.22. The van der Waals surface area contributed by atoms with Crippen LogP contribution in [0.25, 0.3) is 0 Å². The number of hydrogen-bond acceptors (Lipinski definition) is 5. The third kappa shape index (κ3) is 4.37. The molecule has 0 saturated heterocycles. The Morgan fingerprint density at radius 1 is 1.04 bits per heavy atom. The van der Waals surface area contributed by atoms with Gasteiger partial charge in [0.05, 0.1) is 26.5 Å². The first-order chi connectivity index (χ1) is 13.5. The minimum Gasteiger partial charge on any atom is -0.497 e. The Morgan fingerprint density at radius 2 is 1.79 bits per heavy atom. The fourth-order valence-corrected chi connectivity index (χ4v) is 2.65. The highest BCUT2D eigenvalue weighted by molar-refractivity contribution is 6.03. The van der Waals surface area contributed by atoms with E-state index in [0.717, 1.165) is 11.1 Å². The number of aryl methyl sites for hydroxylation is 1. The number of methoxy groups -OCH3 is 2. The Balaban J connectivity index is 1.85. The van der Waals surface area contributed by atoms with Crippen molar-refractivity contribution in [2.45, 2.75) is 13.5 Å². The molecule has 1 heterocycles. The van der Waals surface area contributed by atoms with Crippen LogP contribution in [0.2, 0.25) is 0 Å². The molecule has 1 N–H and O–H groups in total. The van der Waals surface area contributed by atoms with Gasteiger partial charge in [0.25, 0.3) is 11.5 Å². The molecule has 1 amide bonds. The van der Waals surface area contributed by atoms with Crippen molar-refractivity contribution in [1.29, 1.82) is 0 Å². The number of aromatic nitrogens is 2. The van der Waals surface area contributed by atoms with Gasteiger partial charge < -0.3 is 14.8 Å². The van der Waals surface area contributed by atoms with E-state index in [9.17, 15) is 9.59 Å². The smallest absolute Gasteiger partial charge is 0.276 e. The van der Waals surface area contributed by atoms with Crippen molar-refractivity contribution >= 4 is 11.6 Å². The third-order valence-electron chi connectivity index (χ3n) is 4.21. The average Bonchev–Trinajstić information content (AvgIpc) is 2.71. The molecule has 0 aliphatic carbocycles. The summed E-state index contributed by atoms with van der Waals surface area (Å²) in [6.45, 7) is 2.27. The van der Waals surface area contributed by atoms with Gasteiger partial charge in [-0.1, -0.05) is 29.8 Å². The SMILES string of the molecule is COc1ccc(OC)c(NC(=O)c2ccc(=O)n(Cc3ccc(C)cc3)n2)c1. The molecule has 0 unspecified atom stereocenters. The van der Waals surface area contributed by atoms with Crippen LogP contribution in [-0.2, 0) is 6.54 Å². The molecule has 144 valence electrons. The Hall–Kier alpha value is -3.61. The first kappa shape index (κ1) is 19.2. The number of anilines is 1. The van der Waals surface area contributed by atoms with Crippen LogP contribution in [0.4, 0.5) is 5.69 Å². The summed E-state index contributed by atoms with van der Waals surface area (Å²) in [6, 6.07) is 15.6. The van der Waals surface area contributed by atoms with Gasteiger partial charge in [-0.3, -0.25) is 9.59 Å². The van der Waals surface area contributed by atoms with Crippen LogP contribution in [0, 0.1) is 6.92 Å². The molecule has 7 heteroatoms. The van der Waals surface area contributed by atoms with Crippen LogP contribution < -0.4 is 20.3 Å². The third-order valence-corrected chi connectivity index (χ3v) is 4.21. The first-order valence-electron chi connectivity index (χ1n) is 8.67. The monoisotopic (exact) mass is 379 g/mol. The number of nitrogens with one attached hydrogen (secondary N) is 1. The van der Waals surface area contributed by atoms with Crippen LogP contribution in [-0.4, -0.2) is 29.9 Å². The van der Waals surface area contributed by atoms with E-state index in [4.69, 9.17) is 9.47 Å². The maximum atomic E-state index is 12.7. The minimum atomic E-state index is -0.454. The van der Waals surface area contributed by atoms with Crippen molar-refractivity contribution < 1.29 is 14.3 Å². The fourth-order valence-electron chi connectivity index (χ4n) is 2.65. The van der Waals surface area contributed by atoms with Crippen LogP contribution in [0.15, 0.2) is 59.4 Å². The van der Waals surface area contributed by atoms with Crippen molar-refractivity contribution in [3.63, 3.8) is 0 Å². The summed E-state index contributed by atoms with van der Waals surface area (Å²) in [5.74, 6) is 0.611. The number of hydrogen-bond donors (Lipinski definition) is 1. The molecule has 2 aromatic carbocycles. The van der Waals surface area contributed by atoms with Gasteiger partial charge in [0.15, 0.2) is 0 Å². The number of benzene rings is 2. The maximum Gasteiger partial charge on any atom is 0.276 e. The first-order valence-corrected chi connectivity index (χ1v) is 8.67. The van der Waals surface area contributed by atoms with Gasteiger partial charge in [-0.15, -0.1) is 0 Å². The van der Waals surface area contributed by atoms with E-state index in [0.29, 0.717) is 17.2 Å². The van der Waals surface area contributed by atoms with Gasteiger partial charge in [-0.2, -0.15) is 5.10 Å². The van der Waals surface area contributed by atoms with Gasteiger partial charge in [-0.25, -0.2) is 4.68 Å². The van der Waals surface area contributed by atoms with Crippen LogP contribution in [0.5, 0.6) is 11.5 Å². The van der Waals surface area contributed by atoms with Crippen molar-refractivity contribution in [1.82, 2.24) is 9.78 Å². The molecule has 7 nitrogen and oxygen atoms in total. The number of carbonyl (C=O) groups is 1. The Morgan fingerprint density at radius 3 is 2.46 bits per heavy atom. The van der Waals surface area contributed by atoms with Crippen LogP contribution in [0.1, 0.15) is 21.6 Å². The highest BCUT2D eigenvalue weighted by atomic mass is 16.5. The number of carbonyl (C=O) groups excluding carboxylic acids is 1. The lowest BCUT2D eigenvalue weighted by Gasteiger charge is -2.12. The van der Waals surface area contributed by atoms with E-state index in [1.807, 2.05) is 31.2 Å². The molecule has 0 atom stereocenters. The molecule has 3 aromatic rings. The zero-order valence-corrected chi connectivity index (χ0v) is 15.9. The normalized spacial score (nSPS) is 10.4. The summed E-state index contributed by atoms with van der Waals surface area (Å²) >= 11 is 0. The van der Waals surface area contributed by atoms with Gasteiger partial charge in [0.1, 0.15) is 17.2 Å². The average molecular weight is 379 g/mol. The Kier molecular flexibility index (Phi) is 5.74. The van der Waals surface area contributed by atoms with E-state index in [1.54, 1.807) is 18.2 Å². The summed E-state index contributed by atoms with van der Waals surface area (Å²) < 4.78 is 11.7. The number of nitrogens with zero attached hydrogens (tertiary/aromatic N) is 2. The molecular weight excluding hydrogens is 358 g/mol. The quantitative estimate of drug-likeness (QED) is 0.712. The summed E-state index contributed by atoms with van der Waals surface area (Å²) in [7, 11) is 3.05. The van der Waals surface area contributed by atoms with E-state index in [1.165, 1.54) is 31.0 Å². The summed E-state index contributed by atoms with van der Waals surface area (Å²) in [6.07, 6.45) is 0. The zero-order valence-electron chi connectivity index (χ0n) is 15.9.